The van der Waals surface area contributed by atoms with Gasteiger partial charge < -0.3 is 29.7 Å². The van der Waals surface area contributed by atoms with E-state index in [1.165, 1.54) is 25.0 Å². The summed E-state index contributed by atoms with van der Waals surface area (Å²) < 4.78 is 18.3. The average Bonchev–Trinajstić information content (AvgIpc) is 3.40. The summed E-state index contributed by atoms with van der Waals surface area (Å²) >= 11 is 13.3. The molecule has 0 aliphatic carbocycles. The highest BCUT2D eigenvalue weighted by molar-refractivity contribution is 6.41. The fourth-order valence-corrected chi connectivity index (χ4v) is 5.23. The Morgan fingerprint density at radius 1 is 1.20 bits per heavy atom. The van der Waals surface area contributed by atoms with Crippen LogP contribution in [0.5, 0.6) is 11.5 Å². The minimum absolute atomic E-state index is 0.0284. The highest BCUT2D eigenvalue weighted by atomic mass is 35.5. The molecule has 3 aromatic rings. The number of likely N-dealkylation sites (tertiary alicyclic amines) is 1. The van der Waals surface area contributed by atoms with Gasteiger partial charge in [-0.2, -0.15) is 4.98 Å². The van der Waals surface area contributed by atoms with Crippen LogP contribution < -0.4 is 20.8 Å². The molecule has 1 aliphatic heterocycles. The Morgan fingerprint density at radius 3 is 2.55 bits per heavy atom. The van der Waals surface area contributed by atoms with Crippen LogP contribution in [0.1, 0.15) is 6.42 Å². The Labute approximate surface area is 242 Å². The van der Waals surface area contributed by atoms with Gasteiger partial charge in [-0.25, -0.2) is 4.98 Å². The van der Waals surface area contributed by atoms with E-state index in [0.717, 1.165) is 0 Å². The summed E-state index contributed by atoms with van der Waals surface area (Å²) in [5.41, 5.74) is 6.28. The lowest BCUT2D eigenvalue weighted by Crippen LogP contribution is -2.30. The number of carbonyl (C=O) groups is 1. The molecule has 0 bridgehead atoms. The minimum atomic E-state index is -0.400. The summed E-state index contributed by atoms with van der Waals surface area (Å²) in [6.45, 7) is 2.14. The van der Waals surface area contributed by atoms with Crippen LogP contribution in [-0.4, -0.2) is 90.9 Å². The first-order valence-electron chi connectivity index (χ1n) is 12.6. The van der Waals surface area contributed by atoms with E-state index >= 15 is 0 Å². The molecule has 0 radical (unpaired) electrons. The first kappa shape index (κ1) is 29.6. The number of nitrogen functional groups attached to an aromatic ring is 1. The third kappa shape index (κ3) is 6.33. The van der Waals surface area contributed by atoms with E-state index in [1.807, 2.05) is 25.1 Å². The average molecular weight is 591 g/mol. The minimum Gasteiger partial charge on any atom is -0.495 e. The molecule has 1 unspecified atom stereocenters. The van der Waals surface area contributed by atoms with Crippen molar-refractivity contribution in [2.24, 2.45) is 0 Å². The Kier molecular flexibility index (Phi) is 9.52. The molecule has 1 fully saturated rings. The summed E-state index contributed by atoms with van der Waals surface area (Å²) in [4.78, 5) is 38.4. The number of likely N-dealkylation sites (N-methyl/N-ethyl adjacent to an activating group) is 1. The number of methoxy groups -OCH3 is 2. The number of rotatable bonds is 10. The van der Waals surface area contributed by atoms with Gasteiger partial charge in [0.15, 0.2) is 0 Å². The van der Waals surface area contributed by atoms with Crippen molar-refractivity contribution in [2.75, 3.05) is 60.3 Å². The van der Waals surface area contributed by atoms with Crippen LogP contribution in [0.3, 0.4) is 0 Å². The lowest BCUT2D eigenvalue weighted by molar-refractivity contribution is -0.125. The number of pyridine rings is 1. The van der Waals surface area contributed by atoms with Crippen LogP contribution in [-0.2, 0) is 16.1 Å². The van der Waals surface area contributed by atoms with Crippen molar-refractivity contribution in [3.8, 4) is 22.6 Å². The highest BCUT2D eigenvalue weighted by Gasteiger charge is 2.26. The van der Waals surface area contributed by atoms with Crippen LogP contribution in [0.15, 0.2) is 35.3 Å². The van der Waals surface area contributed by atoms with Gasteiger partial charge in [-0.1, -0.05) is 29.3 Å². The van der Waals surface area contributed by atoms with Crippen LogP contribution in [0.4, 0.5) is 5.95 Å². The van der Waals surface area contributed by atoms with Crippen LogP contribution in [0.2, 0.25) is 10.0 Å². The lowest BCUT2D eigenvalue weighted by Gasteiger charge is -2.18. The Hall–Kier alpha value is -3.38. The molecule has 1 atom stereocenters. The molecule has 4 rings (SSSR count). The fourth-order valence-electron chi connectivity index (χ4n) is 4.53. The third-order valence-electron chi connectivity index (χ3n) is 6.54. The van der Waals surface area contributed by atoms with E-state index in [0.29, 0.717) is 48.6 Å². The number of carbonyl (C=O) groups excluding carboxylic acids is 1. The van der Waals surface area contributed by atoms with E-state index in [-0.39, 0.29) is 52.3 Å². The Bertz CT molecular complexity index is 1460. The zero-order valence-electron chi connectivity index (χ0n) is 22.8. The number of fused-ring (bicyclic) bond motifs is 1. The number of ether oxygens (including phenoxy) is 3. The molecular weight excluding hydrogens is 559 g/mol. The molecule has 1 saturated heterocycles. The summed E-state index contributed by atoms with van der Waals surface area (Å²) in [7, 11) is 6.80. The standard InChI is InChI=1S/C27H32Cl2N6O5/c1-33(2)8-5-6-21(36)34-9-7-17(15-34)40-11-10-35-25-16(14-31-27(30)32-25)12-18(26(35)37)22-23(28)19(38-3)13-20(39-4)24(22)29/h5-6,12-14,17H,7-11,15H2,1-4H3,(H2,30,31,32). The van der Waals surface area contributed by atoms with Gasteiger partial charge in [-0.05, 0) is 26.6 Å². The zero-order valence-corrected chi connectivity index (χ0v) is 24.3. The van der Waals surface area contributed by atoms with Gasteiger partial charge in [-0.15, -0.1) is 0 Å². The van der Waals surface area contributed by atoms with Gasteiger partial charge in [0.2, 0.25) is 11.9 Å². The van der Waals surface area contributed by atoms with Crippen LogP contribution >= 0.6 is 23.2 Å². The van der Waals surface area contributed by atoms with Gasteiger partial charge >= 0.3 is 0 Å². The van der Waals surface area contributed by atoms with Gasteiger partial charge in [-0.3, -0.25) is 14.2 Å². The molecule has 0 saturated carbocycles. The highest BCUT2D eigenvalue weighted by Crippen LogP contribution is 2.45. The van der Waals surface area contributed by atoms with Crippen molar-refractivity contribution in [1.82, 2.24) is 24.3 Å². The van der Waals surface area contributed by atoms with Gasteiger partial charge in [0.1, 0.15) is 17.1 Å². The quantitative estimate of drug-likeness (QED) is 0.354. The SMILES string of the molecule is COc1cc(OC)c(Cl)c(-c2cc3cnc(N)nc3n(CCOC3CCN(C(=O)C=CCN(C)C)C3)c2=O)c1Cl. The summed E-state index contributed by atoms with van der Waals surface area (Å²) in [5.74, 6) is 0.591. The second-order valence-corrected chi connectivity index (χ2v) is 10.3. The molecule has 1 aromatic carbocycles. The van der Waals surface area contributed by atoms with Crippen molar-refractivity contribution in [1.29, 1.82) is 0 Å². The Balaban J connectivity index is 1.60. The number of nitrogens with zero attached hydrogens (tertiary/aromatic N) is 5. The molecular formula is C27H32Cl2N6O5. The maximum Gasteiger partial charge on any atom is 0.260 e. The van der Waals surface area contributed by atoms with Crippen LogP contribution in [0.25, 0.3) is 22.2 Å². The summed E-state index contributed by atoms with van der Waals surface area (Å²) in [6, 6.07) is 3.17. The first-order chi connectivity index (χ1) is 19.1. The van der Waals surface area contributed by atoms with E-state index in [2.05, 4.69) is 9.97 Å². The molecule has 1 amide bonds. The molecule has 214 valence electrons. The molecule has 2 N–H and O–H groups in total. The predicted octanol–water partition coefficient (Wildman–Crippen LogP) is 3.10. The largest absolute Gasteiger partial charge is 0.495 e. The molecule has 0 spiro atoms. The number of hydrogen-bond donors (Lipinski definition) is 1. The second kappa shape index (κ2) is 12.9. The molecule has 40 heavy (non-hydrogen) atoms. The number of benzene rings is 1. The summed E-state index contributed by atoms with van der Waals surface area (Å²) in [5, 5.41) is 0.887. The smallest absolute Gasteiger partial charge is 0.260 e. The maximum atomic E-state index is 13.9. The zero-order chi connectivity index (χ0) is 29.0. The summed E-state index contributed by atoms with van der Waals surface area (Å²) in [6.07, 6.45) is 5.51. The van der Waals surface area contributed by atoms with Gasteiger partial charge in [0.25, 0.3) is 5.56 Å². The number of amides is 1. The van der Waals surface area contributed by atoms with E-state index < -0.39 is 5.56 Å². The predicted molar refractivity (Wildman–Crippen MR) is 155 cm³/mol. The van der Waals surface area contributed by atoms with Gasteiger partial charge in [0, 0.05) is 48.9 Å². The number of halogens is 2. The molecule has 11 nitrogen and oxygen atoms in total. The van der Waals surface area contributed by atoms with Crippen molar-refractivity contribution in [2.45, 2.75) is 19.1 Å². The first-order valence-corrected chi connectivity index (χ1v) is 13.4. The van der Waals surface area contributed by atoms with E-state index in [1.54, 1.807) is 23.1 Å². The number of anilines is 1. The van der Waals surface area contributed by atoms with Crippen molar-refractivity contribution in [3.63, 3.8) is 0 Å². The number of nitrogens with two attached hydrogens (primary N) is 1. The van der Waals surface area contributed by atoms with Crippen molar-refractivity contribution >= 4 is 46.1 Å². The normalized spacial score (nSPS) is 15.5. The Morgan fingerprint density at radius 2 is 1.90 bits per heavy atom. The van der Waals surface area contributed by atoms with Gasteiger partial charge in [0.05, 0.1) is 49.1 Å². The topological polar surface area (TPSA) is 125 Å². The van der Waals surface area contributed by atoms with E-state index in [9.17, 15) is 9.59 Å². The maximum absolute atomic E-state index is 13.9. The molecule has 13 heteroatoms. The van der Waals surface area contributed by atoms with Crippen molar-refractivity contribution in [3.05, 3.63) is 50.9 Å². The molecule has 1 aliphatic rings. The number of hydrogen-bond acceptors (Lipinski definition) is 9. The molecule has 2 aromatic heterocycles. The second-order valence-electron chi connectivity index (χ2n) is 9.54. The number of aromatic nitrogens is 3. The fraction of sp³-hybridized carbons (Fsp3) is 0.407. The van der Waals surface area contributed by atoms with Crippen LogP contribution in [0, 0.1) is 0 Å². The molecule has 3 heterocycles. The lowest BCUT2D eigenvalue weighted by atomic mass is 10.0. The monoisotopic (exact) mass is 590 g/mol. The van der Waals surface area contributed by atoms with E-state index in [4.69, 9.17) is 43.1 Å². The third-order valence-corrected chi connectivity index (χ3v) is 7.30. The van der Waals surface area contributed by atoms with Crippen molar-refractivity contribution < 1.29 is 19.0 Å².